The van der Waals surface area contributed by atoms with Crippen molar-refractivity contribution in [2.75, 3.05) is 6.54 Å². The van der Waals surface area contributed by atoms with Gasteiger partial charge in [0.1, 0.15) is 0 Å². The third-order valence-electron chi connectivity index (χ3n) is 0.892. The van der Waals surface area contributed by atoms with Gasteiger partial charge in [0.05, 0.1) is 0 Å². The van der Waals surface area contributed by atoms with Gasteiger partial charge in [0.15, 0.2) is 0 Å². The van der Waals surface area contributed by atoms with Gasteiger partial charge in [-0.25, -0.2) is 4.72 Å². The molecule has 1 saturated heterocycles. The standard InChI is InChI=1S/C3H6N2O3S/c6-3-1-2-4-9(7,8)5-3/h4H,1-2H2,(H,5,6). The van der Waals surface area contributed by atoms with Crippen LogP contribution in [0.4, 0.5) is 0 Å². The summed E-state index contributed by atoms with van der Waals surface area (Å²) in [5.41, 5.74) is 0. The zero-order valence-corrected chi connectivity index (χ0v) is 5.36. The van der Waals surface area contributed by atoms with Crippen molar-refractivity contribution in [3.63, 3.8) is 0 Å². The minimum absolute atomic E-state index is 0.203. The summed E-state index contributed by atoms with van der Waals surface area (Å²) >= 11 is 0. The Morgan fingerprint density at radius 1 is 1.44 bits per heavy atom. The molecule has 0 spiro atoms. The van der Waals surface area contributed by atoms with Crippen LogP contribution in [0.25, 0.3) is 0 Å². The summed E-state index contributed by atoms with van der Waals surface area (Å²) in [5.74, 6) is -0.450. The molecule has 9 heavy (non-hydrogen) atoms. The van der Waals surface area contributed by atoms with Crippen molar-refractivity contribution >= 4 is 16.1 Å². The fourth-order valence-corrected chi connectivity index (χ4v) is 1.38. The largest absolute Gasteiger partial charge is 0.301 e. The summed E-state index contributed by atoms with van der Waals surface area (Å²) in [6, 6.07) is 0. The van der Waals surface area contributed by atoms with E-state index in [4.69, 9.17) is 0 Å². The van der Waals surface area contributed by atoms with Crippen molar-refractivity contribution in [3.05, 3.63) is 0 Å². The lowest BCUT2D eigenvalue weighted by Crippen LogP contribution is -2.46. The number of rotatable bonds is 0. The van der Waals surface area contributed by atoms with Crippen LogP contribution in [0.2, 0.25) is 0 Å². The van der Waals surface area contributed by atoms with E-state index in [0.717, 1.165) is 0 Å². The summed E-state index contributed by atoms with van der Waals surface area (Å²) in [7, 11) is -3.48. The van der Waals surface area contributed by atoms with Gasteiger partial charge < -0.3 is 0 Å². The molecule has 1 heterocycles. The Hall–Kier alpha value is -0.620. The van der Waals surface area contributed by atoms with Crippen LogP contribution < -0.4 is 9.44 Å². The van der Waals surface area contributed by atoms with Crippen molar-refractivity contribution in [3.8, 4) is 0 Å². The minimum Gasteiger partial charge on any atom is -0.274 e. The van der Waals surface area contributed by atoms with Crippen LogP contribution in [0.3, 0.4) is 0 Å². The molecule has 1 amide bonds. The Bertz CT molecular complexity index is 219. The van der Waals surface area contributed by atoms with Gasteiger partial charge in [-0.3, -0.25) is 4.79 Å². The molecule has 0 unspecified atom stereocenters. The molecule has 0 aromatic rings. The monoisotopic (exact) mass is 150 g/mol. The molecule has 0 aliphatic carbocycles. The van der Waals surface area contributed by atoms with Gasteiger partial charge in [-0.2, -0.15) is 13.1 Å². The number of amides is 1. The van der Waals surface area contributed by atoms with Crippen LogP contribution in [0.1, 0.15) is 6.42 Å². The molecule has 0 atom stereocenters. The maximum Gasteiger partial charge on any atom is 0.301 e. The highest BCUT2D eigenvalue weighted by Crippen LogP contribution is 1.88. The van der Waals surface area contributed by atoms with E-state index in [1.54, 1.807) is 4.72 Å². The van der Waals surface area contributed by atoms with Crippen LogP contribution in [-0.4, -0.2) is 20.9 Å². The van der Waals surface area contributed by atoms with Crippen LogP contribution >= 0.6 is 0 Å². The molecule has 1 aliphatic heterocycles. The van der Waals surface area contributed by atoms with Gasteiger partial charge >= 0.3 is 10.2 Å². The molecule has 0 bridgehead atoms. The Morgan fingerprint density at radius 3 is 2.44 bits per heavy atom. The van der Waals surface area contributed by atoms with Crippen molar-refractivity contribution in [2.24, 2.45) is 0 Å². The first-order valence-corrected chi connectivity index (χ1v) is 3.89. The predicted octanol–water partition coefficient (Wildman–Crippen LogP) is -1.66. The second kappa shape index (κ2) is 1.96. The third kappa shape index (κ3) is 1.65. The number of carbonyl (C=O) groups excluding carboxylic acids is 1. The third-order valence-corrected chi connectivity index (χ3v) is 1.97. The van der Waals surface area contributed by atoms with E-state index >= 15 is 0 Å². The highest BCUT2D eigenvalue weighted by atomic mass is 32.2. The average Bonchev–Trinajstić information content (AvgIpc) is 1.60. The van der Waals surface area contributed by atoms with Crippen LogP contribution in [-0.2, 0) is 15.0 Å². The van der Waals surface area contributed by atoms with E-state index in [9.17, 15) is 13.2 Å². The predicted molar refractivity (Wildman–Crippen MR) is 29.7 cm³/mol. The van der Waals surface area contributed by atoms with Crippen molar-refractivity contribution in [1.82, 2.24) is 9.44 Å². The van der Waals surface area contributed by atoms with E-state index in [1.165, 1.54) is 0 Å². The fourth-order valence-electron chi connectivity index (χ4n) is 0.536. The molecule has 1 aliphatic rings. The quantitative estimate of drug-likeness (QED) is 0.434. The van der Waals surface area contributed by atoms with Crippen molar-refractivity contribution < 1.29 is 13.2 Å². The number of carbonyl (C=O) groups is 1. The highest BCUT2D eigenvalue weighted by molar-refractivity contribution is 7.88. The Morgan fingerprint density at radius 2 is 2.11 bits per heavy atom. The number of hydrogen-bond acceptors (Lipinski definition) is 3. The molecule has 2 N–H and O–H groups in total. The first-order chi connectivity index (χ1) is 4.10. The number of hydrogen-bond donors (Lipinski definition) is 2. The van der Waals surface area contributed by atoms with E-state index in [2.05, 4.69) is 4.72 Å². The van der Waals surface area contributed by atoms with Crippen LogP contribution in [0.15, 0.2) is 0 Å². The zero-order valence-electron chi connectivity index (χ0n) is 4.55. The smallest absolute Gasteiger partial charge is 0.274 e. The lowest BCUT2D eigenvalue weighted by atomic mass is 10.4. The molecule has 1 fully saturated rings. The van der Waals surface area contributed by atoms with E-state index < -0.39 is 16.1 Å². The van der Waals surface area contributed by atoms with Gasteiger partial charge in [-0.15, -0.1) is 0 Å². The normalized spacial score (nSPS) is 25.1. The Kier molecular flexibility index (Phi) is 1.42. The van der Waals surface area contributed by atoms with E-state index in [0.29, 0.717) is 0 Å². The molecular formula is C3H6N2O3S. The zero-order chi connectivity index (χ0) is 6.91. The first kappa shape index (κ1) is 6.50. The van der Waals surface area contributed by atoms with Gasteiger partial charge in [0.2, 0.25) is 5.91 Å². The average molecular weight is 150 g/mol. The van der Waals surface area contributed by atoms with Crippen molar-refractivity contribution in [2.45, 2.75) is 6.42 Å². The lowest BCUT2D eigenvalue weighted by molar-refractivity contribution is -0.119. The molecule has 0 saturated carbocycles. The molecule has 0 aromatic heterocycles. The second-order valence-electron chi connectivity index (χ2n) is 1.67. The summed E-state index contributed by atoms with van der Waals surface area (Å²) < 4.78 is 24.7. The highest BCUT2D eigenvalue weighted by Gasteiger charge is 2.18. The maximum atomic E-state index is 10.4. The van der Waals surface area contributed by atoms with Crippen molar-refractivity contribution in [1.29, 1.82) is 0 Å². The minimum atomic E-state index is -3.48. The summed E-state index contributed by atoms with van der Waals surface area (Å²) in [6.07, 6.45) is 0.221. The summed E-state index contributed by atoms with van der Waals surface area (Å²) in [6.45, 7) is 0.203. The van der Waals surface area contributed by atoms with Crippen LogP contribution in [0, 0.1) is 0 Å². The molecule has 6 heteroatoms. The second-order valence-corrected chi connectivity index (χ2v) is 3.17. The van der Waals surface area contributed by atoms with Gasteiger partial charge in [0.25, 0.3) is 0 Å². The molecular weight excluding hydrogens is 144 g/mol. The van der Waals surface area contributed by atoms with Crippen LogP contribution in [0.5, 0.6) is 0 Å². The number of nitrogens with one attached hydrogen (secondary N) is 2. The summed E-state index contributed by atoms with van der Waals surface area (Å²) in [4.78, 5) is 10.3. The topological polar surface area (TPSA) is 75.3 Å². The van der Waals surface area contributed by atoms with Gasteiger partial charge in [0, 0.05) is 13.0 Å². The Labute approximate surface area is 52.6 Å². The Balaban J connectivity index is 2.73. The first-order valence-electron chi connectivity index (χ1n) is 2.40. The molecule has 5 nitrogen and oxygen atoms in total. The van der Waals surface area contributed by atoms with E-state index in [-0.39, 0.29) is 13.0 Å². The maximum absolute atomic E-state index is 10.4. The molecule has 0 aromatic carbocycles. The SMILES string of the molecule is O=C1CCNS(=O)(=O)N1. The van der Waals surface area contributed by atoms with E-state index in [1.807, 2.05) is 0 Å². The molecule has 1 rings (SSSR count). The lowest BCUT2D eigenvalue weighted by Gasteiger charge is -2.12. The van der Waals surface area contributed by atoms with Gasteiger partial charge in [-0.05, 0) is 0 Å². The summed E-state index contributed by atoms with van der Waals surface area (Å²) in [5, 5.41) is 0. The molecule has 0 radical (unpaired) electrons. The fraction of sp³-hybridized carbons (Fsp3) is 0.667. The van der Waals surface area contributed by atoms with Gasteiger partial charge in [-0.1, -0.05) is 0 Å². The molecule has 52 valence electrons.